The van der Waals surface area contributed by atoms with Crippen molar-refractivity contribution in [3.8, 4) is 0 Å². The zero-order valence-corrected chi connectivity index (χ0v) is 16.9. The van der Waals surface area contributed by atoms with Crippen LogP contribution in [0.25, 0.3) is 10.4 Å². The van der Waals surface area contributed by atoms with Crippen molar-refractivity contribution in [1.29, 1.82) is 0 Å². The summed E-state index contributed by atoms with van der Waals surface area (Å²) in [7, 11) is 0. The summed E-state index contributed by atoms with van der Waals surface area (Å²) in [6.45, 7) is 7.23. The predicted octanol–water partition coefficient (Wildman–Crippen LogP) is 1.91. The van der Waals surface area contributed by atoms with Crippen LogP contribution in [-0.4, -0.2) is 59.0 Å². The molecule has 1 saturated heterocycles. The molecule has 1 aromatic rings. The van der Waals surface area contributed by atoms with E-state index in [1.165, 1.54) is 0 Å². The zero-order valence-electron chi connectivity index (χ0n) is 16.9. The highest BCUT2D eigenvalue weighted by Crippen LogP contribution is 2.26. The second-order valence-corrected chi connectivity index (χ2v) is 7.31. The minimum Gasteiger partial charge on any atom is -0.387 e. The van der Waals surface area contributed by atoms with Gasteiger partial charge in [0.25, 0.3) is 5.91 Å². The molecule has 0 radical (unpaired) electrons. The molecule has 3 N–H and O–H groups in total. The van der Waals surface area contributed by atoms with E-state index in [0.29, 0.717) is 5.69 Å². The average Bonchev–Trinajstić information content (AvgIpc) is 2.66. The Hall–Kier alpha value is -2.20. The molecule has 1 amide bonds. The second-order valence-electron chi connectivity index (χ2n) is 7.31. The molecule has 0 aromatic heterocycles. The number of amides is 1. The smallest absolute Gasteiger partial charge is 0.252 e. The maximum Gasteiger partial charge on any atom is 0.252 e. The van der Waals surface area contributed by atoms with Crippen molar-refractivity contribution in [2.45, 2.75) is 77.2 Å². The number of carbonyl (C=O) groups excluding carboxylic acids is 1. The first-order valence-electron chi connectivity index (χ1n) is 9.47. The Balaban J connectivity index is 2.10. The van der Waals surface area contributed by atoms with Crippen molar-refractivity contribution >= 4 is 11.6 Å². The molecule has 160 valence electrons. The van der Waals surface area contributed by atoms with Crippen molar-refractivity contribution < 1.29 is 29.2 Å². The first-order valence-corrected chi connectivity index (χ1v) is 9.47. The molecule has 1 aromatic carbocycles. The lowest BCUT2D eigenvalue weighted by molar-refractivity contribution is -0.307. The molecule has 1 aliphatic rings. The fourth-order valence-electron chi connectivity index (χ4n) is 2.92. The molecule has 0 saturated carbocycles. The summed E-state index contributed by atoms with van der Waals surface area (Å²) in [6, 6.07) is 6.71. The number of nitrogens with one attached hydrogen (secondary N) is 1. The highest BCUT2D eigenvalue weighted by molar-refractivity contribution is 5.81. The molecule has 1 unspecified atom stereocenters. The van der Waals surface area contributed by atoms with Gasteiger partial charge in [0.2, 0.25) is 0 Å². The summed E-state index contributed by atoms with van der Waals surface area (Å²) in [5.74, 6) is -0.502. The van der Waals surface area contributed by atoms with Crippen molar-refractivity contribution in [2.75, 3.05) is 0 Å². The summed E-state index contributed by atoms with van der Waals surface area (Å²) in [6.07, 6.45) is -6.64. The maximum atomic E-state index is 12.8. The Morgan fingerprint density at radius 1 is 1.17 bits per heavy atom. The quantitative estimate of drug-likeness (QED) is 0.340. The second kappa shape index (κ2) is 10.5. The van der Waals surface area contributed by atoms with E-state index in [0.717, 1.165) is 5.56 Å². The van der Waals surface area contributed by atoms with Gasteiger partial charge in [0.1, 0.15) is 18.3 Å². The van der Waals surface area contributed by atoms with Gasteiger partial charge in [0, 0.05) is 17.1 Å². The number of rotatable bonds is 8. The average molecular weight is 408 g/mol. The molecule has 1 heterocycles. The number of hydrogen-bond donors (Lipinski definition) is 3. The minimum absolute atomic E-state index is 0.192. The van der Waals surface area contributed by atoms with E-state index >= 15 is 0 Å². The van der Waals surface area contributed by atoms with E-state index < -0.39 is 36.6 Å². The number of benzene rings is 1. The highest BCUT2D eigenvalue weighted by Gasteiger charge is 2.49. The van der Waals surface area contributed by atoms with Gasteiger partial charge >= 0.3 is 0 Å². The van der Waals surface area contributed by atoms with Gasteiger partial charge in [-0.15, -0.1) is 0 Å². The largest absolute Gasteiger partial charge is 0.387 e. The zero-order chi connectivity index (χ0) is 21.6. The molecule has 1 aliphatic heterocycles. The Morgan fingerprint density at radius 2 is 1.79 bits per heavy atom. The number of ether oxygens (including phenoxy) is 3. The molecule has 5 atom stereocenters. The molecule has 29 heavy (non-hydrogen) atoms. The third kappa shape index (κ3) is 6.40. The van der Waals surface area contributed by atoms with Gasteiger partial charge in [-0.1, -0.05) is 29.4 Å². The third-order valence-electron chi connectivity index (χ3n) is 4.20. The van der Waals surface area contributed by atoms with Gasteiger partial charge in [-0.3, -0.25) is 4.79 Å². The minimum atomic E-state index is -1.35. The van der Waals surface area contributed by atoms with Crippen molar-refractivity contribution in [2.24, 2.45) is 5.11 Å². The van der Waals surface area contributed by atoms with Gasteiger partial charge < -0.3 is 29.7 Å². The van der Waals surface area contributed by atoms with Crippen LogP contribution >= 0.6 is 0 Å². The van der Waals surface area contributed by atoms with Crippen LogP contribution in [0.4, 0.5) is 5.69 Å². The van der Waals surface area contributed by atoms with Crippen LogP contribution in [0.5, 0.6) is 0 Å². The molecular formula is C19H28N4O6. The van der Waals surface area contributed by atoms with Crippen LogP contribution < -0.4 is 5.32 Å². The summed E-state index contributed by atoms with van der Waals surface area (Å²) in [4.78, 5) is 15.5. The van der Waals surface area contributed by atoms with E-state index in [-0.39, 0.29) is 18.8 Å². The standard InChI is InChI=1S/C19H28N4O6/c1-10(2)27-16-14(24)15(25)19(28-11(3)4)29-17(16)18(26)21-9-12-5-7-13(8-6-12)22-23-20/h5-8,10-11,14-17,19,24-25H,9H2,1-4H3,(H,21,26)/t14-,15+,16+,17?,19-/m1/s1. The van der Waals surface area contributed by atoms with Crippen molar-refractivity contribution in [3.05, 3.63) is 40.3 Å². The molecule has 1 fully saturated rings. The first kappa shape index (κ1) is 23.1. The van der Waals surface area contributed by atoms with Crippen molar-refractivity contribution in [3.63, 3.8) is 0 Å². The molecule has 0 bridgehead atoms. The van der Waals surface area contributed by atoms with Crippen molar-refractivity contribution in [1.82, 2.24) is 5.32 Å². The summed E-state index contributed by atoms with van der Waals surface area (Å²) >= 11 is 0. The molecule has 0 spiro atoms. The molecular weight excluding hydrogens is 380 g/mol. The lowest BCUT2D eigenvalue weighted by Gasteiger charge is -2.42. The van der Waals surface area contributed by atoms with E-state index in [2.05, 4.69) is 15.3 Å². The Bertz CT molecular complexity index is 720. The first-order chi connectivity index (χ1) is 13.7. The number of aliphatic hydroxyl groups is 2. The van der Waals surface area contributed by atoms with Crippen LogP contribution in [0, 0.1) is 0 Å². The van der Waals surface area contributed by atoms with Gasteiger partial charge in [-0.2, -0.15) is 0 Å². The maximum absolute atomic E-state index is 12.8. The van der Waals surface area contributed by atoms with Gasteiger partial charge in [0.05, 0.1) is 12.2 Å². The lowest BCUT2D eigenvalue weighted by Crippen LogP contribution is -2.63. The molecule has 10 heteroatoms. The Kier molecular flexibility index (Phi) is 8.39. The highest BCUT2D eigenvalue weighted by atomic mass is 16.7. The normalized spacial score (nSPS) is 27.0. The van der Waals surface area contributed by atoms with E-state index in [9.17, 15) is 15.0 Å². The number of azide groups is 1. The van der Waals surface area contributed by atoms with Crippen LogP contribution in [0.2, 0.25) is 0 Å². The SMILES string of the molecule is CC(C)O[C@@H]1OC(C(=O)NCc2ccc(N=[N+]=[N-])cc2)[C@@H](OC(C)C)[C@H](O)[C@@H]1O. The van der Waals surface area contributed by atoms with E-state index in [4.69, 9.17) is 19.7 Å². The fourth-order valence-corrected chi connectivity index (χ4v) is 2.92. The van der Waals surface area contributed by atoms with Crippen LogP contribution in [0.15, 0.2) is 29.4 Å². The summed E-state index contributed by atoms with van der Waals surface area (Å²) in [5, 5.41) is 27.0. The van der Waals surface area contributed by atoms with Gasteiger partial charge in [0.15, 0.2) is 12.4 Å². The summed E-state index contributed by atoms with van der Waals surface area (Å²) < 4.78 is 16.8. The van der Waals surface area contributed by atoms with Gasteiger partial charge in [-0.05, 0) is 38.8 Å². The molecule has 0 aliphatic carbocycles. The van der Waals surface area contributed by atoms with Gasteiger partial charge in [-0.25, -0.2) is 0 Å². The number of nitrogens with zero attached hydrogens (tertiary/aromatic N) is 3. The van der Waals surface area contributed by atoms with Crippen LogP contribution in [-0.2, 0) is 25.5 Å². The monoisotopic (exact) mass is 408 g/mol. The van der Waals surface area contributed by atoms with E-state index in [1.54, 1.807) is 52.0 Å². The Labute approximate surface area is 169 Å². The predicted molar refractivity (Wildman–Crippen MR) is 104 cm³/mol. The number of carbonyl (C=O) groups is 1. The third-order valence-corrected chi connectivity index (χ3v) is 4.20. The lowest BCUT2D eigenvalue weighted by atomic mass is 9.97. The fraction of sp³-hybridized carbons (Fsp3) is 0.632. The summed E-state index contributed by atoms with van der Waals surface area (Å²) in [5.41, 5.74) is 9.69. The van der Waals surface area contributed by atoms with Crippen LogP contribution in [0.1, 0.15) is 33.3 Å². The topological polar surface area (TPSA) is 146 Å². The Morgan fingerprint density at radius 3 is 2.34 bits per heavy atom. The van der Waals surface area contributed by atoms with Crippen LogP contribution in [0.3, 0.4) is 0 Å². The molecule has 2 rings (SSSR count). The van der Waals surface area contributed by atoms with E-state index in [1.807, 2.05) is 0 Å². The number of hydrogen-bond acceptors (Lipinski definition) is 7. The molecule has 10 nitrogen and oxygen atoms in total. The number of aliphatic hydroxyl groups excluding tert-OH is 2.